The largest absolute Gasteiger partial charge is 0.306 e. The molecule has 2 N–H and O–H groups in total. The van der Waals surface area contributed by atoms with Crippen molar-refractivity contribution in [3.8, 4) is 0 Å². The van der Waals surface area contributed by atoms with E-state index in [0.29, 0.717) is 16.9 Å². The number of nitrogens with one attached hydrogen (secondary N) is 2. The van der Waals surface area contributed by atoms with E-state index >= 15 is 0 Å². The first kappa shape index (κ1) is 10.5. The van der Waals surface area contributed by atoms with Gasteiger partial charge >= 0.3 is 0 Å². The molecule has 6 heteroatoms. The van der Waals surface area contributed by atoms with E-state index < -0.39 is 0 Å². The van der Waals surface area contributed by atoms with Crippen molar-refractivity contribution in [2.24, 2.45) is 5.92 Å². The fourth-order valence-corrected chi connectivity index (χ4v) is 2.30. The summed E-state index contributed by atoms with van der Waals surface area (Å²) in [4.78, 5) is 15.9. The molecule has 2 atom stereocenters. The lowest BCUT2D eigenvalue weighted by Crippen LogP contribution is -2.39. The highest BCUT2D eigenvalue weighted by Crippen LogP contribution is 2.17. The zero-order valence-electron chi connectivity index (χ0n) is 8.78. The Labute approximate surface area is 92.5 Å². The number of hydrogen-bond acceptors (Lipinski definition) is 5. The third-order valence-electron chi connectivity index (χ3n) is 2.57. The van der Waals surface area contributed by atoms with Crippen molar-refractivity contribution in [2.75, 3.05) is 11.9 Å². The van der Waals surface area contributed by atoms with Crippen molar-refractivity contribution in [2.45, 2.75) is 26.3 Å². The van der Waals surface area contributed by atoms with Crippen LogP contribution in [0.15, 0.2) is 0 Å². The van der Waals surface area contributed by atoms with Crippen LogP contribution >= 0.6 is 11.5 Å². The number of hydrogen-bond donors (Lipinski definition) is 2. The molecule has 1 saturated heterocycles. The quantitative estimate of drug-likeness (QED) is 0.782. The second-order valence-corrected chi connectivity index (χ2v) is 4.59. The van der Waals surface area contributed by atoms with Gasteiger partial charge in [-0.25, -0.2) is 4.98 Å². The fourth-order valence-electron chi connectivity index (χ4n) is 1.72. The zero-order valence-corrected chi connectivity index (χ0v) is 9.60. The molecule has 82 valence electrons. The van der Waals surface area contributed by atoms with Crippen molar-refractivity contribution in [3.63, 3.8) is 0 Å². The normalized spacial score (nSPS) is 25.5. The number of aryl methyl sites for hydroxylation is 1. The lowest BCUT2D eigenvalue weighted by Gasteiger charge is -2.13. The minimum absolute atomic E-state index is 0.00356. The molecule has 1 aliphatic rings. The van der Waals surface area contributed by atoms with Gasteiger partial charge in [-0.3, -0.25) is 10.1 Å². The summed E-state index contributed by atoms with van der Waals surface area (Å²) in [7, 11) is 0. The van der Waals surface area contributed by atoms with Crippen LogP contribution in [0.3, 0.4) is 0 Å². The summed E-state index contributed by atoms with van der Waals surface area (Å²) in [6.45, 7) is 4.80. The molecule has 0 spiro atoms. The second kappa shape index (κ2) is 4.24. The molecule has 0 saturated carbocycles. The lowest BCUT2D eigenvalue weighted by molar-refractivity contribution is -0.118. The summed E-state index contributed by atoms with van der Waals surface area (Å²) >= 11 is 1.22. The van der Waals surface area contributed by atoms with Crippen LogP contribution in [0.4, 0.5) is 5.13 Å². The summed E-state index contributed by atoms with van der Waals surface area (Å²) in [5, 5.41) is 6.54. The highest BCUT2D eigenvalue weighted by molar-refractivity contribution is 7.09. The van der Waals surface area contributed by atoms with E-state index in [4.69, 9.17) is 0 Å². The average Bonchev–Trinajstić information content (AvgIpc) is 2.75. The summed E-state index contributed by atoms with van der Waals surface area (Å²) in [5.41, 5.74) is 0. The first-order valence-corrected chi connectivity index (χ1v) is 5.78. The summed E-state index contributed by atoms with van der Waals surface area (Å²) in [5.74, 6) is 1.08. The first-order chi connectivity index (χ1) is 7.16. The second-order valence-electron chi connectivity index (χ2n) is 3.83. The Morgan fingerprint density at radius 2 is 2.47 bits per heavy atom. The Bertz CT molecular complexity index is 365. The SMILES string of the molecule is Cc1nsc(NC(=O)C2NCCC2C)n1. The standard InChI is InChI=1S/C9H14N4OS/c1-5-3-4-10-7(5)8(14)12-9-11-6(2)13-15-9/h5,7,10H,3-4H2,1-2H3,(H,11,12,13,14). The Kier molecular flexibility index (Phi) is 2.97. The van der Waals surface area contributed by atoms with Gasteiger partial charge in [-0.05, 0) is 25.8 Å². The summed E-state index contributed by atoms with van der Waals surface area (Å²) in [6, 6.07) is -0.0887. The van der Waals surface area contributed by atoms with Gasteiger partial charge in [0, 0.05) is 11.5 Å². The van der Waals surface area contributed by atoms with Crippen LogP contribution in [0.2, 0.25) is 0 Å². The van der Waals surface area contributed by atoms with Crippen molar-refractivity contribution in [3.05, 3.63) is 5.82 Å². The highest BCUT2D eigenvalue weighted by Gasteiger charge is 2.29. The number of nitrogens with zero attached hydrogens (tertiary/aromatic N) is 2. The molecule has 0 radical (unpaired) electrons. The van der Waals surface area contributed by atoms with Crippen LogP contribution in [-0.2, 0) is 4.79 Å². The van der Waals surface area contributed by atoms with Gasteiger partial charge in [0.1, 0.15) is 5.82 Å². The number of carbonyl (C=O) groups is 1. The van der Waals surface area contributed by atoms with Crippen molar-refractivity contribution in [1.82, 2.24) is 14.7 Å². The minimum atomic E-state index is -0.0887. The van der Waals surface area contributed by atoms with E-state index in [1.54, 1.807) is 0 Å². The molecule has 1 aromatic rings. The van der Waals surface area contributed by atoms with Gasteiger partial charge < -0.3 is 5.32 Å². The van der Waals surface area contributed by atoms with Crippen LogP contribution < -0.4 is 10.6 Å². The monoisotopic (exact) mass is 226 g/mol. The van der Waals surface area contributed by atoms with Gasteiger partial charge in [0.05, 0.1) is 6.04 Å². The van der Waals surface area contributed by atoms with Crippen LogP contribution in [0.5, 0.6) is 0 Å². The molecular weight excluding hydrogens is 212 g/mol. The molecule has 5 nitrogen and oxygen atoms in total. The van der Waals surface area contributed by atoms with Gasteiger partial charge in [0.15, 0.2) is 0 Å². The third kappa shape index (κ3) is 2.32. The Hall–Kier alpha value is -1.01. The topological polar surface area (TPSA) is 66.9 Å². The summed E-state index contributed by atoms with van der Waals surface area (Å²) < 4.78 is 4.01. The number of anilines is 1. The molecule has 0 aromatic carbocycles. The molecule has 1 fully saturated rings. The van der Waals surface area contributed by atoms with E-state index in [1.165, 1.54) is 11.5 Å². The van der Waals surface area contributed by atoms with Crippen molar-refractivity contribution in [1.29, 1.82) is 0 Å². The minimum Gasteiger partial charge on any atom is -0.306 e. The molecule has 1 aliphatic heterocycles. The van der Waals surface area contributed by atoms with Crippen LogP contribution in [0.25, 0.3) is 0 Å². The van der Waals surface area contributed by atoms with Gasteiger partial charge in [0.25, 0.3) is 0 Å². The van der Waals surface area contributed by atoms with E-state index in [9.17, 15) is 4.79 Å². The molecular formula is C9H14N4OS. The van der Waals surface area contributed by atoms with E-state index in [-0.39, 0.29) is 11.9 Å². The smallest absolute Gasteiger partial charge is 0.243 e. The highest BCUT2D eigenvalue weighted by atomic mass is 32.1. The van der Waals surface area contributed by atoms with Crippen molar-refractivity contribution >= 4 is 22.6 Å². The van der Waals surface area contributed by atoms with Gasteiger partial charge in [0.2, 0.25) is 11.0 Å². The van der Waals surface area contributed by atoms with Gasteiger partial charge in [-0.2, -0.15) is 4.37 Å². The van der Waals surface area contributed by atoms with Gasteiger partial charge in [-0.1, -0.05) is 6.92 Å². The van der Waals surface area contributed by atoms with E-state index in [0.717, 1.165) is 13.0 Å². The molecule has 15 heavy (non-hydrogen) atoms. The molecule has 2 heterocycles. The molecule has 1 amide bonds. The van der Waals surface area contributed by atoms with Crippen LogP contribution in [-0.4, -0.2) is 27.9 Å². The number of aromatic nitrogens is 2. The average molecular weight is 226 g/mol. The van der Waals surface area contributed by atoms with Crippen LogP contribution in [0.1, 0.15) is 19.2 Å². The van der Waals surface area contributed by atoms with Gasteiger partial charge in [-0.15, -0.1) is 0 Å². The number of carbonyl (C=O) groups excluding carboxylic acids is 1. The Balaban J connectivity index is 1.97. The van der Waals surface area contributed by atoms with Crippen molar-refractivity contribution < 1.29 is 4.79 Å². The van der Waals surface area contributed by atoms with E-state index in [1.807, 2.05) is 6.92 Å². The fraction of sp³-hybridized carbons (Fsp3) is 0.667. The predicted octanol–water partition coefficient (Wildman–Crippen LogP) is 0.783. The maximum absolute atomic E-state index is 11.8. The molecule has 2 rings (SSSR count). The molecule has 2 unspecified atom stereocenters. The number of amides is 1. The predicted molar refractivity (Wildman–Crippen MR) is 58.8 cm³/mol. The third-order valence-corrected chi connectivity index (χ3v) is 3.29. The van der Waals surface area contributed by atoms with E-state index in [2.05, 4.69) is 26.9 Å². The molecule has 0 bridgehead atoms. The first-order valence-electron chi connectivity index (χ1n) is 5.01. The summed E-state index contributed by atoms with van der Waals surface area (Å²) in [6.07, 6.45) is 1.05. The Morgan fingerprint density at radius 3 is 3.00 bits per heavy atom. The lowest BCUT2D eigenvalue weighted by atomic mass is 10.0. The Morgan fingerprint density at radius 1 is 1.67 bits per heavy atom. The maximum Gasteiger partial charge on any atom is 0.243 e. The number of rotatable bonds is 2. The molecule has 1 aromatic heterocycles. The van der Waals surface area contributed by atoms with Crippen LogP contribution in [0, 0.1) is 12.8 Å². The molecule has 0 aliphatic carbocycles. The maximum atomic E-state index is 11.8. The zero-order chi connectivity index (χ0) is 10.8.